The lowest BCUT2D eigenvalue weighted by molar-refractivity contribution is -0.921. The van der Waals surface area contributed by atoms with Gasteiger partial charge >= 0.3 is 11.8 Å². The summed E-state index contributed by atoms with van der Waals surface area (Å²) in [6, 6.07) is 13.2. The second-order valence-electron chi connectivity index (χ2n) is 6.50. The summed E-state index contributed by atoms with van der Waals surface area (Å²) in [5.41, 5.74) is 2.52. The van der Waals surface area contributed by atoms with Crippen LogP contribution in [0.2, 0.25) is 0 Å². The molecule has 1 heterocycles. The minimum absolute atomic E-state index is 0.264. The van der Waals surface area contributed by atoms with Crippen LogP contribution < -0.4 is 15.5 Å². The number of nitrogens with one attached hydrogen (secondary N) is 3. The largest absolute Gasteiger partial charge is 0.370 e. The summed E-state index contributed by atoms with van der Waals surface area (Å²) in [5, 5.41) is 5.01. The molecular weight excluding hydrogens is 349 g/mol. The molecule has 1 aliphatic heterocycles. The molecule has 0 radical (unpaired) electrons. The van der Waals surface area contributed by atoms with E-state index in [2.05, 4.69) is 10.6 Å². The lowest BCUT2D eigenvalue weighted by atomic mass is 10.1. The van der Waals surface area contributed by atoms with E-state index in [1.54, 1.807) is 0 Å². The first-order valence-corrected chi connectivity index (χ1v) is 8.94. The zero-order valence-corrected chi connectivity index (χ0v) is 15.0. The molecule has 142 valence electrons. The van der Waals surface area contributed by atoms with E-state index in [4.69, 9.17) is 4.74 Å². The molecule has 0 atom stereocenters. The standard InChI is InChI=1S/C20H22FN3O3/c21-17-5-7-18(8-6-17)23-20(26)19(25)22-13-15-1-3-16(4-2-15)14-24-9-11-27-12-10-24/h1-8H,9-14H2,(H,22,25)(H,23,26)/p+1. The Morgan fingerprint density at radius 1 is 0.926 bits per heavy atom. The fourth-order valence-corrected chi connectivity index (χ4v) is 2.88. The van der Waals surface area contributed by atoms with E-state index >= 15 is 0 Å². The Morgan fingerprint density at radius 2 is 1.56 bits per heavy atom. The van der Waals surface area contributed by atoms with Crippen molar-refractivity contribution < 1.29 is 23.6 Å². The molecule has 3 N–H and O–H groups in total. The van der Waals surface area contributed by atoms with Gasteiger partial charge in [-0.2, -0.15) is 0 Å². The highest BCUT2D eigenvalue weighted by atomic mass is 19.1. The van der Waals surface area contributed by atoms with Crippen LogP contribution in [-0.2, 0) is 27.4 Å². The van der Waals surface area contributed by atoms with Gasteiger partial charge in [0.05, 0.1) is 13.2 Å². The van der Waals surface area contributed by atoms with Crippen molar-refractivity contribution in [3.05, 3.63) is 65.5 Å². The minimum Gasteiger partial charge on any atom is -0.370 e. The van der Waals surface area contributed by atoms with Crippen LogP contribution in [0.5, 0.6) is 0 Å². The zero-order valence-electron chi connectivity index (χ0n) is 15.0. The number of carbonyl (C=O) groups is 2. The van der Waals surface area contributed by atoms with Crippen LogP contribution in [-0.4, -0.2) is 38.1 Å². The number of amides is 2. The van der Waals surface area contributed by atoms with Crippen LogP contribution in [0.1, 0.15) is 11.1 Å². The average Bonchev–Trinajstić information content (AvgIpc) is 2.69. The first kappa shape index (κ1) is 19.0. The van der Waals surface area contributed by atoms with Crippen molar-refractivity contribution >= 4 is 17.5 Å². The number of carbonyl (C=O) groups excluding carboxylic acids is 2. The molecule has 0 aliphatic carbocycles. The second kappa shape index (κ2) is 9.25. The fraction of sp³-hybridized carbons (Fsp3) is 0.300. The highest BCUT2D eigenvalue weighted by Gasteiger charge is 2.15. The average molecular weight is 372 g/mol. The molecule has 6 nitrogen and oxygen atoms in total. The maximum absolute atomic E-state index is 12.9. The number of anilines is 1. The van der Waals surface area contributed by atoms with Crippen LogP contribution in [0.15, 0.2) is 48.5 Å². The molecule has 1 fully saturated rings. The van der Waals surface area contributed by atoms with Gasteiger partial charge in [0.1, 0.15) is 25.5 Å². The number of hydrogen-bond donors (Lipinski definition) is 3. The molecule has 0 aromatic heterocycles. The molecule has 3 rings (SSSR count). The smallest absolute Gasteiger partial charge is 0.313 e. The number of ether oxygens (including phenoxy) is 1. The van der Waals surface area contributed by atoms with E-state index in [1.165, 1.54) is 34.7 Å². The molecule has 2 aromatic carbocycles. The number of morpholine rings is 1. The number of quaternary nitrogens is 1. The summed E-state index contributed by atoms with van der Waals surface area (Å²) < 4.78 is 18.2. The van der Waals surface area contributed by atoms with E-state index in [0.29, 0.717) is 5.69 Å². The molecule has 7 heteroatoms. The Labute approximate surface area is 157 Å². The third kappa shape index (κ3) is 5.87. The van der Waals surface area contributed by atoms with Crippen molar-refractivity contribution in [2.75, 3.05) is 31.6 Å². The van der Waals surface area contributed by atoms with Gasteiger partial charge in [0.2, 0.25) is 0 Å². The normalized spacial score (nSPS) is 14.6. The summed E-state index contributed by atoms with van der Waals surface area (Å²) in [6.45, 7) is 4.86. The molecule has 2 amide bonds. The van der Waals surface area contributed by atoms with Gasteiger partial charge < -0.3 is 20.3 Å². The van der Waals surface area contributed by atoms with Crippen molar-refractivity contribution in [2.45, 2.75) is 13.1 Å². The molecule has 0 spiro atoms. The third-order valence-corrected chi connectivity index (χ3v) is 4.44. The van der Waals surface area contributed by atoms with Gasteiger partial charge in [-0.1, -0.05) is 24.3 Å². The third-order valence-electron chi connectivity index (χ3n) is 4.44. The Morgan fingerprint density at radius 3 is 2.22 bits per heavy atom. The second-order valence-corrected chi connectivity index (χ2v) is 6.50. The van der Waals surface area contributed by atoms with E-state index in [1.807, 2.05) is 24.3 Å². The van der Waals surface area contributed by atoms with E-state index in [9.17, 15) is 14.0 Å². The summed E-state index contributed by atoms with van der Waals surface area (Å²) in [5.74, 6) is -1.92. The lowest BCUT2D eigenvalue weighted by Gasteiger charge is -2.23. The van der Waals surface area contributed by atoms with Gasteiger partial charge in [0, 0.05) is 17.8 Å². The Bertz CT molecular complexity index is 772. The molecular formula is C20H23FN3O3+. The quantitative estimate of drug-likeness (QED) is 0.670. The molecule has 1 saturated heterocycles. The van der Waals surface area contributed by atoms with E-state index < -0.39 is 17.6 Å². The molecule has 27 heavy (non-hydrogen) atoms. The summed E-state index contributed by atoms with van der Waals surface area (Å²) in [4.78, 5) is 25.3. The summed E-state index contributed by atoms with van der Waals surface area (Å²) in [7, 11) is 0. The maximum atomic E-state index is 12.9. The predicted molar refractivity (Wildman–Crippen MR) is 98.5 cm³/mol. The Hall–Kier alpha value is -2.77. The van der Waals surface area contributed by atoms with Gasteiger partial charge in [-0.3, -0.25) is 9.59 Å². The maximum Gasteiger partial charge on any atom is 0.313 e. The first-order valence-electron chi connectivity index (χ1n) is 8.94. The molecule has 2 aromatic rings. The number of rotatable bonds is 5. The predicted octanol–water partition coefficient (Wildman–Crippen LogP) is 0.496. The van der Waals surface area contributed by atoms with Gasteiger partial charge in [-0.25, -0.2) is 4.39 Å². The van der Waals surface area contributed by atoms with Crippen LogP contribution in [0, 0.1) is 5.82 Å². The SMILES string of the molecule is O=C(NCc1ccc(C[NH+]2CCOCC2)cc1)C(=O)Nc1ccc(F)cc1. The van der Waals surface area contributed by atoms with Crippen LogP contribution in [0.25, 0.3) is 0 Å². The highest BCUT2D eigenvalue weighted by Crippen LogP contribution is 2.08. The van der Waals surface area contributed by atoms with Crippen molar-refractivity contribution in [1.82, 2.24) is 5.32 Å². The number of hydrogen-bond acceptors (Lipinski definition) is 3. The monoisotopic (exact) mass is 372 g/mol. The Balaban J connectivity index is 1.45. The Kier molecular flexibility index (Phi) is 6.51. The van der Waals surface area contributed by atoms with Gasteiger partial charge in [-0.15, -0.1) is 0 Å². The van der Waals surface area contributed by atoms with Crippen LogP contribution in [0.4, 0.5) is 10.1 Å². The van der Waals surface area contributed by atoms with Gasteiger partial charge in [0.15, 0.2) is 0 Å². The van der Waals surface area contributed by atoms with Crippen molar-refractivity contribution in [3.63, 3.8) is 0 Å². The van der Waals surface area contributed by atoms with Crippen molar-refractivity contribution in [3.8, 4) is 0 Å². The van der Waals surface area contributed by atoms with Crippen molar-refractivity contribution in [1.29, 1.82) is 0 Å². The van der Waals surface area contributed by atoms with Crippen LogP contribution in [0.3, 0.4) is 0 Å². The van der Waals surface area contributed by atoms with Gasteiger partial charge in [-0.05, 0) is 29.8 Å². The van der Waals surface area contributed by atoms with E-state index in [0.717, 1.165) is 38.4 Å². The first-order chi connectivity index (χ1) is 13.1. The minimum atomic E-state index is -0.783. The molecule has 0 bridgehead atoms. The van der Waals surface area contributed by atoms with E-state index in [-0.39, 0.29) is 6.54 Å². The molecule has 1 aliphatic rings. The zero-order chi connectivity index (χ0) is 19.1. The van der Waals surface area contributed by atoms with Crippen LogP contribution >= 0.6 is 0 Å². The summed E-state index contributed by atoms with van der Waals surface area (Å²) in [6.07, 6.45) is 0. The number of halogens is 1. The number of benzene rings is 2. The van der Waals surface area contributed by atoms with Gasteiger partial charge in [0.25, 0.3) is 0 Å². The molecule has 0 saturated carbocycles. The topological polar surface area (TPSA) is 71.9 Å². The summed E-state index contributed by atoms with van der Waals surface area (Å²) >= 11 is 0. The van der Waals surface area contributed by atoms with Crippen molar-refractivity contribution in [2.24, 2.45) is 0 Å². The lowest BCUT2D eigenvalue weighted by Crippen LogP contribution is -3.12. The molecule has 0 unspecified atom stereocenters. The highest BCUT2D eigenvalue weighted by molar-refractivity contribution is 6.39. The fourth-order valence-electron chi connectivity index (χ4n) is 2.88.